The number of aromatic nitrogens is 1. The highest BCUT2D eigenvalue weighted by Gasteiger charge is 2.11. The second kappa shape index (κ2) is 9.47. The van der Waals surface area contributed by atoms with Crippen molar-refractivity contribution in [3.05, 3.63) is 29.6 Å². The Hall–Kier alpha value is -1.46. The third-order valence-electron chi connectivity index (χ3n) is 3.54. The highest BCUT2D eigenvalue weighted by atomic mass is 16.2. The first-order valence-electron chi connectivity index (χ1n) is 7.65. The highest BCUT2D eigenvalue weighted by Crippen LogP contribution is 2.05. The minimum Gasteiger partial charge on any atom is -0.346 e. The highest BCUT2D eigenvalue weighted by molar-refractivity contribution is 5.76. The van der Waals surface area contributed by atoms with E-state index in [1.807, 2.05) is 32.2 Å². The zero-order chi connectivity index (χ0) is 15.7. The van der Waals surface area contributed by atoms with Crippen LogP contribution in [0.1, 0.15) is 31.2 Å². The summed E-state index contributed by atoms with van der Waals surface area (Å²) in [6, 6.07) is 6.05. The van der Waals surface area contributed by atoms with Crippen molar-refractivity contribution in [3.63, 3.8) is 0 Å². The summed E-state index contributed by atoms with van der Waals surface area (Å²) in [5, 5.41) is 0. The van der Waals surface area contributed by atoms with Crippen molar-refractivity contribution in [2.24, 2.45) is 5.73 Å². The van der Waals surface area contributed by atoms with Crippen LogP contribution in [-0.4, -0.2) is 53.9 Å². The van der Waals surface area contributed by atoms with Gasteiger partial charge in [0.1, 0.15) is 0 Å². The monoisotopic (exact) mass is 292 g/mol. The van der Waals surface area contributed by atoms with E-state index in [9.17, 15) is 4.79 Å². The fourth-order valence-electron chi connectivity index (χ4n) is 2.16. The summed E-state index contributed by atoms with van der Waals surface area (Å²) in [5.41, 5.74) is 7.55. The van der Waals surface area contributed by atoms with Gasteiger partial charge in [0.25, 0.3) is 0 Å². The van der Waals surface area contributed by atoms with Crippen LogP contribution in [0, 0.1) is 6.92 Å². The molecular formula is C16H28N4O. The molecule has 0 aliphatic rings. The second-order valence-electron chi connectivity index (χ2n) is 5.35. The Kier molecular flexibility index (Phi) is 7.93. The maximum atomic E-state index is 12.0. The van der Waals surface area contributed by atoms with Gasteiger partial charge in [-0.1, -0.05) is 13.0 Å². The van der Waals surface area contributed by atoms with E-state index >= 15 is 0 Å². The van der Waals surface area contributed by atoms with Crippen LogP contribution in [-0.2, 0) is 11.3 Å². The van der Waals surface area contributed by atoms with Crippen LogP contribution in [0.15, 0.2) is 18.2 Å². The second-order valence-corrected chi connectivity index (χ2v) is 5.35. The van der Waals surface area contributed by atoms with Gasteiger partial charge in [0.2, 0.25) is 5.91 Å². The molecule has 0 unspecified atom stereocenters. The molecule has 21 heavy (non-hydrogen) atoms. The van der Waals surface area contributed by atoms with E-state index in [-0.39, 0.29) is 5.91 Å². The van der Waals surface area contributed by atoms with Crippen LogP contribution in [0.5, 0.6) is 0 Å². The average Bonchev–Trinajstić information content (AvgIpc) is 2.48. The molecule has 0 aromatic carbocycles. The molecule has 2 N–H and O–H groups in total. The third-order valence-corrected chi connectivity index (χ3v) is 3.54. The van der Waals surface area contributed by atoms with Gasteiger partial charge in [0.05, 0.1) is 5.69 Å². The number of pyridine rings is 1. The van der Waals surface area contributed by atoms with Crippen LogP contribution in [0.25, 0.3) is 0 Å². The van der Waals surface area contributed by atoms with Gasteiger partial charge in [-0.15, -0.1) is 0 Å². The van der Waals surface area contributed by atoms with Crippen molar-refractivity contribution in [2.75, 3.05) is 33.2 Å². The first-order valence-corrected chi connectivity index (χ1v) is 7.65. The molecule has 5 nitrogen and oxygen atoms in total. The molecule has 0 bridgehead atoms. The lowest BCUT2D eigenvalue weighted by Gasteiger charge is -2.22. The number of carbonyl (C=O) groups is 1. The van der Waals surface area contributed by atoms with Gasteiger partial charge in [-0.25, -0.2) is 0 Å². The van der Waals surface area contributed by atoms with Gasteiger partial charge >= 0.3 is 0 Å². The molecule has 0 spiro atoms. The van der Waals surface area contributed by atoms with Gasteiger partial charge in [0.15, 0.2) is 0 Å². The van der Waals surface area contributed by atoms with E-state index in [0.717, 1.165) is 44.0 Å². The Morgan fingerprint density at radius 2 is 2.10 bits per heavy atom. The van der Waals surface area contributed by atoms with Crippen molar-refractivity contribution >= 4 is 5.91 Å². The molecule has 1 amide bonds. The molecule has 0 fully saturated rings. The molecule has 0 radical (unpaired) electrons. The summed E-state index contributed by atoms with van der Waals surface area (Å²) in [6.07, 6.45) is 1.40. The van der Waals surface area contributed by atoms with Crippen LogP contribution < -0.4 is 5.73 Å². The molecule has 0 atom stereocenters. The summed E-state index contributed by atoms with van der Waals surface area (Å²) < 4.78 is 0. The van der Waals surface area contributed by atoms with Gasteiger partial charge in [-0.05, 0) is 38.6 Å². The van der Waals surface area contributed by atoms with E-state index in [0.29, 0.717) is 13.0 Å². The number of nitrogens with two attached hydrogens (primary N) is 1. The van der Waals surface area contributed by atoms with E-state index in [4.69, 9.17) is 5.73 Å². The maximum Gasteiger partial charge on any atom is 0.223 e. The topological polar surface area (TPSA) is 62.5 Å². The van der Waals surface area contributed by atoms with Gasteiger partial charge in [-0.3, -0.25) is 14.7 Å². The van der Waals surface area contributed by atoms with Crippen molar-refractivity contribution in [1.82, 2.24) is 14.8 Å². The molecule has 0 aliphatic carbocycles. The summed E-state index contributed by atoms with van der Waals surface area (Å²) in [4.78, 5) is 20.5. The van der Waals surface area contributed by atoms with Crippen LogP contribution in [0.3, 0.4) is 0 Å². The normalized spacial score (nSPS) is 10.9. The lowest BCUT2D eigenvalue weighted by molar-refractivity contribution is -0.130. The number of hydrogen-bond acceptors (Lipinski definition) is 4. The Morgan fingerprint density at radius 3 is 2.71 bits per heavy atom. The molecule has 0 saturated carbocycles. The number of hydrogen-bond donors (Lipinski definition) is 1. The van der Waals surface area contributed by atoms with E-state index < -0.39 is 0 Å². The van der Waals surface area contributed by atoms with E-state index in [2.05, 4.69) is 16.8 Å². The Morgan fingerprint density at radius 1 is 1.33 bits per heavy atom. The predicted molar refractivity (Wildman–Crippen MR) is 85.9 cm³/mol. The van der Waals surface area contributed by atoms with Crippen molar-refractivity contribution in [2.45, 2.75) is 33.2 Å². The molecule has 1 aromatic heterocycles. The number of nitrogens with zero attached hydrogens (tertiary/aromatic N) is 3. The molecule has 1 rings (SSSR count). The summed E-state index contributed by atoms with van der Waals surface area (Å²) in [5.74, 6) is 0.180. The first-order chi connectivity index (χ1) is 10.1. The molecule has 1 heterocycles. The van der Waals surface area contributed by atoms with Gasteiger partial charge in [-0.2, -0.15) is 0 Å². The molecule has 5 heteroatoms. The predicted octanol–water partition coefficient (Wildman–Crippen LogP) is 1.41. The van der Waals surface area contributed by atoms with E-state index in [1.165, 1.54) is 0 Å². The summed E-state index contributed by atoms with van der Waals surface area (Å²) >= 11 is 0. The lowest BCUT2D eigenvalue weighted by atomic mass is 10.2. The number of aryl methyl sites for hydroxylation is 1. The maximum absolute atomic E-state index is 12.0. The Labute approximate surface area is 128 Å². The zero-order valence-electron chi connectivity index (χ0n) is 13.5. The summed E-state index contributed by atoms with van der Waals surface area (Å²) in [6.45, 7) is 7.93. The average molecular weight is 292 g/mol. The molecule has 1 aromatic rings. The number of amides is 1. The number of rotatable bonds is 9. The van der Waals surface area contributed by atoms with Crippen molar-refractivity contribution in [1.29, 1.82) is 0 Å². The van der Waals surface area contributed by atoms with Crippen LogP contribution >= 0.6 is 0 Å². The fraction of sp³-hybridized carbons (Fsp3) is 0.625. The minimum atomic E-state index is 0.180. The molecular weight excluding hydrogens is 264 g/mol. The smallest absolute Gasteiger partial charge is 0.223 e. The zero-order valence-corrected chi connectivity index (χ0v) is 13.5. The van der Waals surface area contributed by atoms with Gasteiger partial charge in [0, 0.05) is 38.8 Å². The molecule has 0 aliphatic heterocycles. The van der Waals surface area contributed by atoms with Crippen LogP contribution in [0.4, 0.5) is 0 Å². The minimum absolute atomic E-state index is 0.180. The molecule has 0 saturated heterocycles. The first kappa shape index (κ1) is 17.6. The quantitative estimate of drug-likeness (QED) is 0.747. The van der Waals surface area contributed by atoms with Crippen molar-refractivity contribution < 1.29 is 4.79 Å². The lowest BCUT2D eigenvalue weighted by Crippen LogP contribution is -2.33. The largest absolute Gasteiger partial charge is 0.346 e. The van der Waals surface area contributed by atoms with E-state index in [1.54, 1.807) is 4.90 Å². The third kappa shape index (κ3) is 6.69. The van der Waals surface area contributed by atoms with Gasteiger partial charge < -0.3 is 10.6 Å². The fourth-order valence-corrected chi connectivity index (χ4v) is 2.16. The molecule has 118 valence electrons. The van der Waals surface area contributed by atoms with Crippen LogP contribution in [0.2, 0.25) is 0 Å². The Balaban J connectivity index is 2.42. The Bertz CT molecular complexity index is 436. The SMILES string of the molecule is CCN(CCC(=O)N(C)CCCN)Cc1cccc(C)n1. The summed E-state index contributed by atoms with van der Waals surface area (Å²) in [7, 11) is 1.84. The van der Waals surface area contributed by atoms with Crippen molar-refractivity contribution in [3.8, 4) is 0 Å². The number of carbonyl (C=O) groups excluding carboxylic acids is 1. The standard InChI is InChI=1S/C16H28N4O/c1-4-20(13-15-8-5-7-14(2)18-15)12-9-16(21)19(3)11-6-10-17/h5,7-8H,4,6,9-13,17H2,1-3H3.